The van der Waals surface area contributed by atoms with Crippen molar-refractivity contribution in [2.45, 2.75) is 44.2 Å². The lowest BCUT2D eigenvalue weighted by molar-refractivity contribution is -0.138. The van der Waals surface area contributed by atoms with Crippen LogP contribution in [0.5, 0.6) is 0 Å². The number of rotatable bonds is 10. The van der Waals surface area contributed by atoms with Crippen LogP contribution in [-0.4, -0.2) is 34.7 Å². The first-order valence-electron chi connectivity index (χ1n) is 12.1. The molecule has 0 bridgehead atoms. The molecule has 0 aliphatic heterocycles. The van der Waals surface area contributed by atoms with E-state index in [0.29, 0.717) is 18.0 Å². The third-order valence-corrected chi connectivity index (χ3v) is 7.00. The molecule has 0 unspecified atom stereocenters. The SMILES string of the molecule is N[C@H](Cc1ccc(C(=O)NC[C@@H](c2ccc(-c3ccc(CO)cc3)cc2)C2CCC2)cc1)C(=O)O. The Labute approximate surface area is 205 Å². The molecule has 0 aromatic heterocycles. The number of carbonyl (C=O) groups is 2. The molecule has 35 heavy (non-hydrogen) atoms. The Morgan fingerprint density at radius 3 is 1.97 bits per heavy atom. The largest absolute Gasteiger partial charge is 0.480 e. The maximum absolute atomic E-state index is 12.8. The van der Waals surface area contributed by atoms with E-state index in [2.05, 4.69) is 29.6 Å². The van der Waals surface area contributed by atoms with E-state index in [1.165, 1.54) is 24.8 Å². The van der Waals surface area contributed by atoms with Crippen LogP contribution in [-0.2, 0) is 17.8 Å². The molecular weight excluding hydrogens is 440 g/mol. The van der Waals surface area contributed by atoms with Crippen molar-refractivity contribution >= 4 is 11.9 Å². The quantitative estimate of drug-likeness (QED) is 0.355. The summed E-state index contributed by atoms with van der Waals surface area (Å²) in [4.78, 5) is 23.7. The van der Waals surface area contributed by atoms with Gasteiger partial charge >= 0.3 is 5.97 Å². The summed E-state index contributed by atoms with van der Waals surface area (Å²) in [5, 5.41) is 21.3. The zero-order chi connectivity index (χ0) is 24.8. The number of amides is 1. The summed E-state index contributed by atoms with van der Waals surface area (Å²) in [6.07, 6.45) is 3.79. The van der Waals surface area contributed by atoms with Gasteiger partial charge in [-0.05, 0) is 65.1 Å². The third-order valence-electron chi connectivity index (χ3n) is 7.00. The highest BCUT2D eigenvalue weighted by molar-refractivity contribution is 5.94. The van der Waals surface area contributed by atoms with Gasteiger partial charge in [-0.2, -0.15) is 0 Å². The molecule has 4 rings (SSSR count). The lowest BCUT2D eigenvalue weighted by Gasteiger charge is -2.34. The van der Waals surface area contributed by atoms with Crippen molar-refractivity contribution in [2.75, 3.05) is 6.54 Å². The zero-order valence-electron chi connectivity index (χ0n) is 19.7. The normalized spacial score (nSPS) is 15.1. The Bertz CT molecular complexity index is 1140. The summed E-state index contributed by atoms with van der Waals surface area (Å²) in [5.74, 6) is -0.360. The van der Waals surface area contributed by atoms with Gasteiger partial charge in [-0.3, -0.25) is 9.59 Å². The Balaban J connectivity index is 1.40. The third kappa shape index (κ3) is 6.15. The van der Waals surface area contributed by atoms with Crippen LogP contribution < -0.4 is 11.1 Å². The van der Waals surface area contributed by atoms with Crippen molar-refractivity contribution in [1.82, 2.24) is 5.32 Å². The topological polar surface area (TPSA) is 113 Å². The molecule has 1 saturated carbocycles. The molecule has 6 heteroatoms. The molecule has 5 N–H and O–H groups in total. The van der Waals surface area contributed by atoms with Crippen LogP contribution in [0, 0.1) is 5.92 Å². The minimum atomic E-state index is -1.04. The maximum atomic E-state index is 12.8. The number of hydrogen-bond donors (Lipinski definition) is 4. The number of nitrogens with one attached hydrogen (secondary N) is 1. The van der Waals surface area contributed by atoms with E-state index in [4.69, 9.17) is 10.8 Å². The second kappa shape index (κ2) is 11.3. The van der Waals surface area contributed by atoms with E-state index in [-0.39, 0.29) is 24.9 Å². The zero-order valence-corrected chi connectivity index (χ0v) is 19.7. The summed E-state index contributed by atoms with van der Waals surface area (Å²) in [7, 11) is 0. The fourth-order valence-electron chi connectivity index (χ4n) is 4.56. The standard InChI is InChI=1S/C29H32N2O4/c30-27(29(34)35)16-19-4-10-25(11-5-19)28(33)31-17-26(23-2-1-3-23)24-14-12-22(13-15-24)21-8-6-20(18-32)7-9-21/h4-15,23,26-27,32H,1-3,16-18,30H2,(H,31,33)(H,34,35)/t26-,27-/m1/s1. The molecule has 1 aliphatic rings. The molecule has 3 aromatic rings. The Morgan fingerprint density at radius 2 is 1.46 bits per heavy atom. The van der Waals surface area contributed by atoms with E-state index in [9.17, 15) is 14.7 Å². The molecule has 3 aromatic carbocycles. The lowest BCUT2D eigenvalue weighted by atomic mass is 9.73. The highest BCUT2D eigenvalue weighted by Crippen LogP contribution is 2.39. The predicted octanol–water partition coefficient (Wildman–Crippen LogP) is 4.11. The van der Waals surface area contributed by atoms with Crippen molar-refractivity contribution in [1.29, 1.82) is 0 Å². The van der Waals surface area contributed by atoms with Gasteiger partial charge in [-0.25, -0.2) is 0 Å². The van der Waals surface area contributed by atoms with Crippen molar-refractivity contribution in [2.24, 2.45) is 11.7 Å². The number of aliphatic carboxylic acids is 1. The molecule has 1 amide bonds. The monoisotopic (exact) mass is 472 g/mol. The number of benzene rings is 3. The van der Waals surface area contributed by atoms with Gasteiger partial charge in [0.15, 0.2) is 0 Å². The molecule has 0 radical (unpaired) electrons. The smallest absolute Gasteiger partial charge is 0.320 e. The van der Waals surface area contributed by atoms with Crippen molar-refractivity contribution in [3.63, 3.8) is 0 Å². The van der Waals surface area contributed by atoms with Crippen LogP contribution in [0.2, 0.25) is 0 Å². The highest BCUT2D eigenvalue weighted by atomic mass is 16.4. The number of carbonyl (C=O) groups excluding carboxylic acids is 1. The summed E-state index contributed by atoms with van der Waals surface area (Å²) < 4.78 is 0. The van der Waals surface area contributed by atoms with Crippen LogP contribution in [0.1, 0.15) is 52.2 Å². The Kier molecular flexibility index (Phi) is 7.95. The maximum Gasteiger partial charge on any atom is 0.320 e. The fraction of sp³-hybridized carbons (Fsp3) is 0.310. The van der Waals surface area contributed by atoms with E-state index in [1.807, 2.05) is 24.3 Å². The van der Waals surface area contributed by atoms with Crippen LogP contribution in [0.25, 0.3) is 11.1 Å². The summed E-state index contributed by atoms with van der Waals surface area (Å²) >= 11 is 0. The number of carboxylic acid groups (broad SMARTS) is 1. The summed E-state index contributed by atoms with van der Waals surface area (Å²) in [6.45, 7) is 0.608. The van der Waals surface area contributed by atoms with Gasteiger partial charge < -0.3 is 21.3 Å². The fourth-order valence-corrected chi connectivity index (χ4v) is 4.56. The molecule has 0 spiro atoms. The van der Waals surface area contributed by atoms with E-state index in [0.717, 1.165) is 22.3 Å². The minimum Gasteiger partial charge on any atom is -0.480 e. The first-order valence-corrected chi connectivity index (χ1v) is 12.1. The Morgan fingerprint density at radius 1 is 0.886 bits per heavy atom. The predicted molar refractivity (Wildman–Crippen MR) is 136 cm³/mol. The average molecular weight is 473 g/mol. The van der Waals surface area contributed by atoms with Gasteiger partial charge in [0.1, 0.15) is 6.04 Å². The first kappa shape index (κ1) is 24.6. The first-order chi connectivity index (χ1) is 16.9. The number of nitrogens with two attached hydrogens (primary N) is 1. The molecule has 1 aliphatic carbocycles. The van der Waals surface area contributed by atoms with Crippen LogP contribution >= 0.6 is 0 Å². The van der Waals surface area contributed by atoms with Gasteiger partial charge in [-0.1, -0.05) is 67.1 Å². The van der Waals surface area contributed by atoms with Crippen LogP contribution in [0.3, 0.4) is 0 Å². The number of carboxylic acids is 1. The molecular formula is C29H32N2O4. The average Bonchev–Trinajstić information content (AvgIpc) is 2.85. The van der Waals surface area contributed by atoms with Gasteiger partial charge in [0.05, 0.1) is 6.61 Å². The molecule has 1 fully saturated rings. The van der Waals surface area contributed by atoms with Crippen molar-refractivity contribution < 1.29 is 19.8 Å². The van der Waals surface area contributed by atoms with Crippen LogP contribution in [0.15, 0.2) is 72.8 Å². The lowest BCUT2D eigenvalue weighted by Crippen LogP contribution is -2.34. The summed E-state index contributed by atoms with van der Waals surface area (Å²) in [6, 6.07) is 22.5. The Hall–Kier alpha value is -3.48. The number of aliphatic hydroxyl groups is 1. The molecule has 0 heterocycles. The number of hydrogen-bond acceptors (Lipinski definition) is 4. The van der Waals surface area contributed by atoms with Gasteiger partial charge in [-0.15, -0.1) is 0 Å². The minimum absolute atomic E-state index is 0.0387. The second-order valence-corrected chi connectivity index (χ2v) is 9.33. The molecule has 182 valence electrons. The van der Waals surface area contributed by atoms with E-state index in [1.54, 1.807) is 24.3 Å². The van der Waals surface area contributed by atoms with Crippen LogP contribution in [0.4, 0.5) is 0 Å². The summed E-state index contributed by atoms with van der Waals surface area (Å²) in [5.41, 5.74) is 11.3. The van der Waals surface area contributed by atoms with Gasteiger partial charge in [0.2, 0.25) is 0 Å². The molecule has 6 nitrogen and oxygen atoms in total. The molecule has 2 atom stereocenters. The van der Waals surface area contributed by atoms with Gasteiger partial charge in [0, 0.05) is 18.0 Å². The molecule has 0 saturated heterocycles. The van der Waals surface area contributed by atoms with E-state index >= 15 is 0 Å². The van der Waals surface area contributed by atoms with Crippen molar-refractivity contribution in [3.05, 3.63) is 95.1 Å². The van der Waals surface area contributed by atoms with E-state index < -0.39 is 12.0 Å². The van der Waals surface area contributed by atoms with Crippen molar-refractivity contribution in [3.8, 4) is 11.1 Å². The van der Waals surface area contributed by atoms with Gasteiger partial charge in [0.25, 0.3) is 5.91 Å². The highest BCUT2D eigenvalue weighted by Gasteiger charge is 2.29. The number of aliphatic hydroxyl groups excluding tert-OH is 1. The second-order valence-electron chi connectivity index (χ2n) is 9.33.